The highest BCUT2D eigenvalue weighted by Crippen LogP contribution is 2.03. The molecular weight excluding hydrogens is 144 g/mol. The van der Waals surface area contributed by atoms with Crippen molar-refractivity contribution in [3.63, 3.8) is 0 Å². The summed E-state index contributed by atoms with van der Waals surface area (Å²) in [4.78, 5) is 10.9. The zero-order valence-electron chi connectivity index (χ0n) is 6.50. The molecule has 0 atom stereocenters. The predicted octanol–water partition coefficient (Wildman–Crippen LogP) is 0.427. The first-order valence-electron chi connectivity index (χ1n) is 3.38. The largest absolute Gasteiger partial charge is 0.461 e. The fourth-order valence-electron chi connectivity index (χ4n) is 0.693. The zero-order chi connectivity index (χ0) is 8.27. The molecule has 0 bridgehead atoms. The second-order valence-electron chi connectivity index (χ2n) is 2.09. The molecule has 0 saturated heterocycles. The number of esters is 1. The second-order valence-corrected chi connectivity index (χ2v) is 2.09. The Morgan fingerprint density at radius 3 is 2.91 bits per heavy atom. The van der Waals surface area contributed by atoms with E-state index in [1.54, 1.807) is 19.9 Å². The summed E-state index contributed by atoms with van der Waals surface area (Å²) in [6.07, 6.45) is 1.60. The Kier molecular flexibility index (Phi) is 2.25. The number of carbonyl (C=O) groups is 1. The highest BCUT2D eigenvalue weighted by Gasteiger charge is 2.15. The molecule has 59 valence electrons. The van der Waals surface area contributed by atoms with Crippen molar-refractivity contribution in [2.75, 3.05) is 6.61 Å². The van der Waals surface area contributed by atoms with Gasteiger partial charge in [0.1, 0.15) is 0 Å². The van der Waals surface area contributed by atoms with Crippen LogP contribution in [-0.4, -0.2) is 18.3 Å². The number of ether oxygens (including phenoxy) is 1. The lowest BCUT2D eigenvalue weighted by atomic mass is 10.3. The van der Waals surface area contributed by atoms with E-state index in [1.807, 2.05) is 0 Å². The second kappa shape index (κ2) is 3.18. The number of allylic oxidation sites excluding steroid dienone is 1. The van der Waals surface area contributed by atoms with Gasteiger partial charge < -0.3 is 4.74 Å². The van der Waals surface area contributed by atoms with E-state index in [1.165, 1.54) is 0 Å². The smallest absolute Gasteiger partial charge is 0.358 e. The minimum Gasteiger partial charge on any atom is -0.461 e. The number of rotatable bonds is 2. The van der Waals surface area contributed by atoms with Crippen LogP contribution < -0.4 is 5.43 Å². The van der Waals surface area contributed by atoms with Gasteiger partial charge >= 0.3 is 5.97 Å². The molecule has 0 unspecified atom stereocenters. The van der Waals surface area contributed by atoms with E-state index in [9.17, 15) is 4.79 Å². The molecule has 0 aromatic heterocycles. The monoisotopic (exact) mass is 153 g/mol. The Morgan fingerprint density at radius 1 is 1.73 bits per heavy atom. The fourth-order valence-corrected chi connectivity index (χ4v) is 0.693. The van der Waals surface area contributed by atoms with Crippen molar-refractivity contribution in [1.29, 1.82) is 0 Å². The Hall–Kier alpha value is -1.32. The molecule has 1 rings (SSSR count). The first-order valence-corrected chi connectivity index (χ1v) is 3.38. The summed E-state index contributed by atoms with van der Waals surface area (Å²) in [5, 5.41) is 3.67. The van der Waals surface area contributed by atoms with Crippen LogP contribution in [0.5, 0.6) is 0 Å². The first kappa shape index (κ1) is 7.78. The van der Waals surface area contributed by atoms with Crippen LogP contribution in [0.2, 0.25) is 0 Å². The van der Waals surface area contributed by atoms with Gasteiger partial charge in [-0.25, -0.2) is 4.79 Å². The highest BCUT2D eigenvalue weighted by atomic mass is 16.5. The molecule has 4 heteroatoms. The van der Waals surface area contributed by atoms with Crippen molar-refractivity contribution in [2.45, 2.75) is 13.8 Å². The molecule has 0 N–H and O–H groups in total. The molecule has 0 aromatic rings. The summed E-state index contributed by atoms with van der Waals surface area (Å²) in [5.74, 6) is -0.409. The van der Waals surface area contributed by atoms with Crippen LogP contribution in [0, 0.1) is 0 Å². The fraction of sp³-hybridized carbons (Fsp3) is 0.429. The van der Waals surface area contributed by atoms with Crippen LogP contribution in [0.25, 0.3) is 0 Å². The highest BCUT2D eigenvalue weighted by molar-refractivity contribution is 6.02. The quantitative estimate of drug-likeness (QED) is 0.540. The molecule has 0 aromatic carbocycles. The van der Waals surface area contributed by atoms with E-state index in [0.29, 0.717) is 6.61 Å². The molecule has 0 aliphatic carbocycles. The number of nitrogens with zero attached hydrogens (tertiary/aromatic N) is 2. The molecule has 1 aliphatic heterocycles. The van der Waals surface area contributed by atoms with Crippen molar-refractivity contribution < 1.29 is 9.53 Å². The lowest BCUT2D eigenvalue weighted by Crippen LogP contribution is -2.11. The Morgan fingerprint density at radius 2 is 2.45 bits per heavy atom. The van der Waals surface area contributed by atoms with E-state index in [2.05, 4.69) is 10.5 Å². The molecule has 0 amide bonds. The number of carbonyl (C=O) groups excluding carboxylic acids is 1. The van der Waals surface area contributed by atoms with Crippen LogP contribution in [0.15, 0.2) is 16.9 Å². The maximum absolute atomic E-state index is 10.9. The Labute approximate surface area is 64.9 Å². The molecule has 1 aliphatic rings. The van der Waals surface area contributed by atoms with E-state index < -0.39 is 5.97 Å². The normalized spacial score (nSPS) is 15.1. The minimum absolute atomic E-state index is 0.282. The van der Waals surface area contributed by atoms with E-state index in [-0.39, 0.29) is 5.70 Å². The summed E-state index contributed by atoms with van der Waals surface area (Å²) >= 11 is 0. The molecule has 4 nitrogen and oxygen atoms in total. The molecule has 0 saturated carbocycles. The van der Waals surface area contributed by atoms with E-state index in [0.717, 1.165) is 5.71 Å². The van der Waals surface area contributed by atoms with Gasteiger partial charge in [-0.15, -0.1) is 5.43 Å². The molecule has 1 heterocycles. The average Bonchev–Trinajstić information content (AvgIpc) is 2.36. The minimum atomic E-state index is -0.409. The van der Waals surface area contributed by atoms with E-state index >= 15 is 0 Å². The van der Waals surface area contributed by atoms with Gasteiger partial charge in [-0.3, -0.25) is 0 Å². The maximum Gasteiger partial charge on any atom is 0.358 e. The summed E-state index contributed by atoms with van der Waals surface area (Å²) in [6.45, 7) is 3.89. The van der Waals surface area contributed by atoms with Gasteiger partial charge in [0.25, 0.3) is 0 Å². The van der Waals surface area contributed by atoms with Gasteiger partial charge in [0.05, 0.1) is 12.3 Å². The Balaban J connectivity index is 2.52. The third-order valence-corrected chi connectivity index (χ3v) is 1.15. The summed E-state index contributed by atoms with van der Waals surface area (Å²) < 4.78 is 4.70. The molecule has 0 spiro atoms. The lowest BCUT2D eigenvalue weighted by Gasteiger charge is -1.98. The van der Waals surface area contributed by atoms with Crippen molar-refractivity contribution in [1.82, 2.24) is 5.43 Å². The number of hydrogen-bond acceptors (Lipinski definition) is 3. The predicted molar refractivity (Wildman–Crippen MR) is 40.0 cm³/mol. The maximum atomic E-state index is 10.9. The standard InChI is InChI=1S/C7H9N2O2/c1-3-11-7(10)6-4-5(2)8-9-6/h4H,3H2,1-2H3. The van der Waals surface area contributed by atoms with Crippen LogP contribution >= 0.6 is 0 Å². The van der Waals surface area contributed by atoms with Crippen molar-refractivity contribution in [2.24, 2.45) is 5.10 Å². The summed E-state index contributed by atoms with van der Waals surface area (Å²) in [7, 11) is 0. The van der Waals surface area contributed by atoms with Gasteiger partial charge in [0.15, 0.2) is 5.70 Å². The van der Waals surface area contributed by atoms with Crippen molar-refractivity contribution in [3.8, 4) is 0 Å². The van der Waals surface area contributed by atoms with Crippen molar-refractivity contribution in [3.05, 3.63) is 11.8 Å². The topological polar surface area (TPSA) is 52.8 Å². The van der Waals surface area contributed by atoms with Gasteiger partial charge in [-0.2, -0.15) is 5.10 Å². The van der Waals surface area contributed by atoms with Crippen LogP contribution in [-0.2, 0) is 9.53 Å². The zero-order valence-corrected chi connectivity index (χ0v) is 6.50. The first-order chi connectivity index (χ1) is 5.24. The van der Waals surface area contributed by atoms with Gasteiger partial charge in [-0.1, -0.05) is 0 Å². The van der Waals surface area contributed by atoms with Gasteiger partial charge in [-0.05, 0) is 19.9 Å². The molecular formula is C7H9N2O2. The molecule has 1 radical (unpaired) electrons. The molecule has 0 fully saturated rings. The lowest BCUT2D eigenvalue weighted by molar-refractivity contribution is -0.138. The van der Waals surface area contributed by atoms with Gasteiger partial charge in [0.2, 0.25) is 0 Å². The van der Waals surface area contributed by atoms with Crippen LogP contribution in [0.1, 0.15) is 13.8 Å². The van der Waals surface area contributed by atoms with Crippen LogP contribution in [0.4, 0.5) is 0 Å². The number of hydrogen-bond donors (Lipinski definition) is 0. The third kappa shape index (κ3) is 1.80. The van der Waals surface area contributed by atoms with Gasteiger partial charge in [0, 0.05) is 0 Å². The Bertz CT molecular complexity index is 231. The summed E-state index contributed by atoms with van der Waals surface area (Å²) in [6, 6.07) is 0. The average molecular weight is 153 g/mol. The third-order valence-electron chi connectivity index (χ3n) is 1.15. The van der Waals surface area contributed by atoms with Crippen molar-refractivity contribution >= 4 is 11.7 Å². The van der Waals surface area contributed by atoms with Crippen LogP contribution in [0.3, 0.4) is 0 Å². The SMILES string of the molecule is CCOC(=O)C1=CC(C)=N[N]1. The molecule has 11 heavy (non-hydrogen) atoms. The summed E-state index contributed by atoms with van der Waals surface area (Å²) in [5.41, 5.74) is 4.62. The van der Waals surface area contributed by atoms with E-state index in [4.69, 9.17) is 4.74 Å².